The highest BCUT2D eigenvalue weighted by atomic mass is 79.9. The van der Waals surface area contributed by atoms with Crippen molar-refractivity contribution in [1.82, 2.24) is 10.6 Å². The normalized spacial score (nSPS) is 20.2. The molecular formula is C11H15BrN2O2S. The Balaban J connectivity index is 1.69. The lowest BCUT2D eigenvalue weighted by atomic mass is 10.2. The third kappa shape index (κ3) is 4.06. The molecule has 0 spiro atoms. The summed E-state index contributed by atoms with van der Waals surface area (Å²) < 4.78 is 6.35. The fourth-order valence-corrected chi connectivity index (χ4v) is 3.11. The van der Waals surface area contributed by atoms with Crippen molar-refractivity contribution in [3.63, 3.8) is 0 Å². The average molecular weight is 319 g/mol. The number of carbonyl (C=O) groups excluding carboxylic acids is 1. The first-order valence-corrected chi connectivity index (χ1v) is 7.25. The summed E-state index contributed by atoms with van der Waals surface area (Å²) in [4.78, 5) is 13.0. The van der Waals surface area contributed by atoms with E-state index in [1.807, 2.05) is 5.38 Å². The quantitative estimate of drug-likeness (QED) is 0.876. The number of morpholine rings is 1. The maximum Gasteiger partial charge on any atom is 0.239 e. The van der Waals surface area contributed by atoms with Crippen LogP contribution in [-0.4, -0.2) is 38.3 Å². The molecule has 1 fully saturated rings. The lowest BCUT2D eigenvalue weighted by Crippen LogP contribution is -2.51. The summed E-state index contributed by atoms with van der Waals surface area (Å²) >= 11 is 5.11. The molecule has 1 atom stereocenters. The van der Waals surface area contributed by atoms with Gasteiger partial charge in [0.25, 0.3) is 0 Å². The predicted octanol–water partition coefficient (Wildman–Crippen LogP) is 1.16. The number of thiophene rings is 1. The molecule has 1 saturated heterocycles. The van der Waals surface area contributed by atoms with Crippen molar-refractivity contribution in [2.45, 2.75) is 12.5 Å². The van der Waals surface area contributed by atoms with E-state index in [1.165, 1.54) is 4.88 Å². The molecule has 1 aliphatic heterocycles. The SMILES string of the molecule is O=C(NCCc1cc(Br)cs1)C1COCCN1. The molecule has 4 nitrogen and oxygen atoms in total. The molecule has 2 heterocycles. The molecule has 0 aliphatic carbocycles. The minimum Gasteiger partial charge on any atom is -0.378 e. The van der Waals surface area contributed by atoms with Crippen LogP contribution in [-0.2, 0) is 16.0 Å². The summed E-state index contributed by atoms with van der Waals surface area (Å²) in [5, 5.41) is 8.10. The maximum atomic E-state index is 11.7. The molecule has 0 radical (unpaired) electrons. The third-order valence-corrected chi connectivity index (χ3v) is 4.29. The van der Waals surface area contributed by atoms with Crippen molar-refractivity contribution in [1.29, 1.82) is 0 Å². The van der Waals surface area contributed by atoms with Gasteiger partial charge in [0.1, 0.15) is 6.04 Å². The Labute approximate surface area is 113 Å². The minimum atomic E-state index is -0.196. The first kappa shape index (κ1) is 13.0. The van der Waals surface area contributed by atoms with E-state index in [4.69, 9.17) is 4.74 Å². The van der Waals surface area contributed by atoms with Crippen molar-refractivity contribution >= 4 is 33.2 Å². The topological polar surface area (TPSA) is 50.4 Å². The fourth-order valence-electron chi connectivity index (χ4n) is 1.65. The van der Waals surface area contributed by atoms with E-state index in [0.29, 0.717) is 19.8 Å². The average Bonchev–Trinajstić information content (AvgIpc) is 2.76. The monoisotopic (exact) mass is 318 g/mol. The van der Waals surface area contributed by atoms with Gasteiger partial charge in [0.15, 0.2) is 0 Å². The smallest absolute Gasteiger partial charge is 0.239 e. The van der Waals surface area contributed by atoms with E-state index in [-0.39, 0.29) is 11.9 Å². The number of halogens is 1. The molecule has 2 N–H and O–H groups in total. The van der Waals surface area contributed by atoms with Gasteiger partial charge in [-0.2, -0.15) is 0 Å². The number of carbonyl (C=O) groups is 1. The van der Waals surface area contributed by atoms with Crippen LogP contribution in [0.25, 0.3) is 0 Å². The molecule has 2 rings (SSSR count). The maximum absolute atomic E-state index is 11.7. The molecule has 0 saturated carbocycles. The molecule has 1 unspecified atom stereocenters. The fraction of sp³-hybridized carbons (Fsp3) is 0.545. The van der Waals surface area contributed by atoms with E-state index >= 15 is 0 Å². The van der Waals surface area contributed by atoms with Crippen LogP contribution in [0.15, 0.2) is 15.9 Å². The molecule has 1 aliphatic rings. The predicted molar refractivity (Wildman–Crippen MR) is 71.3 cm³/mol. The van der Waals surface area contributed by atoms with Crippen LogP contribution in [0.2, 0.25) is 0 Å². The van der Waals surface area contributed by atoms with E-state index in [0.717, 1.165) is 17.4 Å². The van der Waals surface area contributed by atoms with Gasteiger partial charge in [0.05, 0.1) is 13.2 Å². The molecule has 1 aromatic rings. The second kappa shape index (κ2) is 6.49. The zero-order valence-electron chi connectivity index (χ0n) is 9.37. The number of amides is 1. The van der Waals surface area contributed by atoms with Crippen molar-refractivity contribution in [3.8, 4) is 0 Å². The molecule has 6 heteroatoms. The highest BCUT2D eigenvalue weighted by Crippen LogP contribution is 2.19. The van der Waals surface area contributed by atoms with Gasteiger partial charge in [-0.3, -0.25) is 4.79 Å². The van der Waals surface area contributed by atoms with Crippen LogP contribution in [0.5, 0.6) is 0 Å². The van der Waals surface area contributed by atoms with E-state index in [2.05, 4.69) is 32.6 Å². The van der Waals surface area contributed by atoms with Crippen molar-refractivity contribution in [2.75, 3.05) is 26.3 Å². The first-order chi connectivity index (χ1) is 8.25. The van der Waals surface area contributed by atoms with Crippen LogP contribution in [0.4, 0.5) is 0 Å². The van der Waals surface area contributed by atoms with E-state index < -0.39 is 0 Å². The van der Waals surface area contributed by atoms with Gasteiger partial charge in [-0.05, 0) is 28.4 Å². The van der Waals surface area contributed by atoms with Gasteiger partial charge in [-0.1, -0.05) is 0 Å². The van der Waals surface area contributed by atoms with Gasteiger partial charge in [-0.15, -0.1) is 11.3 Å². The molecular weight excluding hydrogens is 304 g/mol. The molecule has 1 aromatic heterocycles. The van der Waals surface area contributed by atoms with E-state index in [1.54, 1.807) is 11.3 Å². The Bertz CT molecular complexity index is 377. The Morgan fingerprint density at radius 3 is 3.24 bits per heavy atom. The minimum absolute atomic E-state index is 0.0281. The first-order valence-electron chi connectivity index (χ1n) is 5.57. The highest BCUT2D eigenvalue weighted by molar-refractivity contribution is 9.10. The van der Waals surface area contributed by atoms with Crippen LogP contribution in [0, 0.1) is 0 Å². The van der Waals surface area contributed by atoms with Crippen molar-refractivity contribution in [3.05, 3.63) is 20.8 Å². The number of ether oxygens (including phenoxy) is 1. The second-order valence-electron chi connectivity index (χ2n) is 3.85. The van der Waals surface area contributed by atoms with Crippen LogP contribution in [0.3, 0.4) is 0 Å². The highest BCUT2D eigenvalue weighted by Gasteiger charge is 2.20. The van der Waals surface area contributed by atoms with Gasteiger partial charge in [0, 0.05) is 27.8 Å². The van der Waals surface area contributed by atoms with Crippen molar-refractivity contribution < 1.29 is 9.53 Å². The van der Waals surface area contributed by atoms with E-state index in [9.17, 15) is 4.79 Å². The number of hydrogen-bond donors (Lipinski definition) is 2. The van der Waals surface area contributed by atoms with Crippen LogP contribution in [0.1, 0.15) is 4.88 Å². The molecule has 1 amide bonds. The second-order valence-corrected chi connectivity index (χ2v) is 5.77. The van der Waals surface area contributed by atoms with Gasteiger partial charge >= 0.3 is 0 Å². The third-order valence-electron chi connectivity index (χ3n) is 2.53. The molecule has 0 aromatic carbocycles. The molecule has 0 bridgehead atoms. The summed E-state index contributed by atoms with van der Waals surface area (Å²) in [6, 6.07) is 1.89. The Morgan fingerprint density at radius 1 is 1.71 bits per heavy atom. The summed E-state index contributed by atoms with van der Waals surface area (Å²) in [6.07, 6.45) is 0.871. The number of nitrogens with one attached hydrogen (secondary N) is 2. The zero-order chi connectivity index (χ0) is 12.1. The Morgan fingerprint density at radius 2 is 2.59 bits per heavy atom. The van der Waals surface area contributed by atoms with Gasteiger partial charge in [0.2, 0.25) is 5.91 Å². The summed E-state index contributed by atoms with van der Waals surface area (Å²) in [5.41, 5.74) is 0. The Hall–Kier alpha value is -0.430. The largest absolute Gasteiger partial charge is 0.378 e. The lowest BCUT2D eigenvalue weighted by molar-refractivity contribution is -0.125. The molecule has 17 heavy (non-hydrogen) atoms. The standard InChI is InChI=1S/C11H15BrN2O2S/c12-8-5-9(17-7-8)1-2-14-11(15)10-6-16-4-3-13-10/h5,7,10,13H,1-4,6H2,(H,14,15). The van der Waals surface area contributed by atoms with Gasteiger partial charge < -0.3 is 15.4 Å². The van der Waals surface area contributed by atoms with Gasteiger partial charge in [-0.25, -0.2) is 0 Å². The summed E-state index contributed by atoms with van der Waals surface area (Å²) in [6.45, 7) is 2.57. The lowest BCUT2D eigenvalue weighted by Gasteiger charge is -2.22. The number of hydrogen-bond acceptors (Lipinski definition) is 4. The Kier molecular flexibility index (Phi) is 4.97. The zero-order valence-corrected chi connectivity index (χ0v) is 11.8. The van der Waals surface area contributed by atoms with Crippen molar-refractivity contribution in [2.24, 2.45) is 0 Å². The number of rotatable bonds is 4. The molecule has 94 valence electrons. The summed E-state index contributed by atoms with van der Waals surface area (Å²) in [7, 11) is 0. The van der Waals surface area contributed by atoms with Crippen LogP contribution >= 0.6 is 27.3 Å². The summed E-state index contributed by atoms with van der Waals surface area (Å²) in [5.74, 6) is 0.0281. The van der Waals surface area contributed by atoms with Crippen LogP contribution < -0.4 is 10.6 Å².